The molecule has 2 amide bonds. The first-order valence-corrected chi connectivity index (χ1v) is 8.16. The third-order valence-electron chi connectivity index (χ3n) is 2.72. The maximum Gasteiger partial charge on any atom is 0.251 e. The zero-order valence-corrected chi connectivity index (χ0v) is 13.0. The summed E-state index contributed by atoms with van der Waals surface area (Å²) in [7, 11) is 0. The monoisotopic (exact) mass is 294 g/mol. The fourth-order valence-corrected chi connectivity index (χ4v) is 2.32. The Morgan fingerprint density at radius 2 is 1.90 bits per heavy atom. The number of hydrogen-bond donors (Lipinski definition) is 2. The summed E-state index contributed by atoms with van der Waals surface area (Å²) in [5.41, 5.74) is 1.03. The molecule has 0 aliphatic carbocycles. The van der Waals surface area contributed by atoms with E-state index in [1.165, 1.54) is 0 Å². The molecular weight excluding hydrogens is 272 g/mol. The summed E-state index contributed by atoms with van der Waals surface area (Å²) in [4.78, 5) is 23.9. The van der Waals surface area contributed by atoms with Crippen molar-refractivity contribution in [3.05, 3.63) is 35.4 Å². The lowest BCUT2D eigenvalue weighted by atomic mass is 10.1. The smallest absolute Gasteiger partial charge is 0.251 e. The minimum absolute atomic E-state index is 0.107. The van der Waals surface area contributed by atoms with E-state index in [-0.39, 0.29) is 17.9 Å². The fraction of sp³-hybridized carbons (Fsp3) is 0.467. The van der Waals surface area contributed by atoms with Crippen LogP contribution in [0.1, 0.15) is 41.0 Å². The van der Waals surface area contributed by atoms with Gasteiger partial charge in [0.15, 0.2) is 0 Å². The van der Waals surface area contributed by atoms with Crippen LogP contribution in [0.25, 0.3) is 0 Å². The first-order chi connectivity index (χ1) is 9.58. The number of rotatable bonds is 7. The Hall–Kier alpha value is -1.49. The van der Waals surface area contributed by atoms with Gasteiger partial charge in [-0.15, -0.1) is 0 Å². The molecule has 0 aliphatic rings. The van der Waals surface area contributed by atoms with E-state index in [1.54, 1.807) is 36.0 Å². The minimum Gasteiger partial charge on any atom is -0.352 e. The van der Waals surface area contributed by atoms with Crippen LogP contribution in [0.4, 0.5) is 0 Å². The molecule has 0 aromatic heterocycles. The summed E-state index contributed by atoms with van der Waals surface area (Å²) >= 11 is 1.69. The highest BCUT2D eigenvalue weighted by atomic mass is 32.2. The van der Waals surface area contributed by atoms with Gasteiger partial charge in [0.1, 0.15) is 0 Å². The predicted octanol–water partition coefficient (Wildman–Crippen LogP) is 2.31. The van der Waals surface area contributed by atoms with Gasteiger partial charge < -0.3 is 10.6 Å². The fourth-order valence-electron chi connectivity index (χ4n) is 1.74. The molecule has 0 radical (unpaired) electrons. The summed E-state index contributed by atoms with van der Waals surface area (Å²) < 4.78 is 0. The molecule has 2 N–H and O–H groups in total. The molecular formula is C15H22N2O2S. The van der Waals surface area contributed by atoms with Crippen molar-refractivity contribution in [2.45, 2.75) is 26.3 Å². The molecule has 1 aromatic carbocycles. The number of hydrogen-bond acceptors (Lipinski definition) is 3. The van der Waals surface area contributed by atoms with Crippen molar-refractivity contribution in [2.75, 3.05) is 18.6 Å². The maximum absolute atomic E-state index is 12.1. The van der Waals surface area contributed by atoms with Gasteiger partial charge in [-0.2, -0.15) is 11.8 Å². The van der Waals surface area contributed by atoms with Crippen LogP contribution in [0.2, 0.25) is 0 Å². The Bertz CT molecular complexity index is 463. The van der Waals surface area contributed by atoms with Crippen molar-refractivity contribution < 1.29 is 9.59 Å². The number of benzene rings is 1. The minimum atomic E-state index is -0.142. The largest absolute Gasteiger partial charge is 0.352 e. The van der Waals surface area contributed by atoms with Crippen molar-refractivity contribution in [3.8, 4) is 0 Å². The second kappa shape index (κ2) is 8.64. The van der Waals surface area contributed by atoms with Crippen molar-refractivity contribution in [2.24, 2.45) is 0 Å². The van der Waals surface area contributed by atoms with Crippen LogP contribution < -0.4 is 10.6 Å². The number of carbonyl (C=O) groups excluding carboxylic acids is 2. The van der Waals surface area contributed by atoms with Gasteiger partial charge in [-0.1, -0.05) is 13.0 Å². The van der Waals surface area contributed by atoms with Gasteiger partial charge in [-0.25, -0.2) is 0 Å². The van der Waals surface area contributed by atoms with Crippen LogP contribution in [0, 0.1) is 0 Å². The highest BCUT2D eigenvalue weighted by Gasteiger charge is 2.12. The Morgan fingerprint density at radius 1 is 1.25 bits per heavy atom. The molecule has 0 fully saturated rings. The van der Waals surface area contributed by atoms with E-state index in [1.807, 2.05) is 20.1 Å². The lowest BCUT2D eigenvalue weighted by Crippen LogP contribution is -2.34. The van der Waals surface area contributed by atoms with Crippen LogP contribution in [-0.2, 0) is 0 Å². The third kappa shape index (κ3) is 5.25. The van der Waals surface area contributed by atoms with E-state index >= 15 is 0 Å². The molecule has 1 aromatic rings. The average molecular weight is 294 g/mol. The zero-order chi connectivity index (χ0) is 15.0. The Balaban J connectivity index is 2.72. The summed E-state index contributed by atoms with van der Waals surface area (Å²) in [6.07, 6.45) is 2.89. The SMILES string of the molecule is CCCNC(=O)c1cccc(C(=O)N[C@H](C)CSC)c1. The molecule has 20 heavy (non-hydrogen) atoms. The zero-order valence-electron chi connectivity index (χ0n) is 12.2. The van der Waals surface area contributed by atoms with E-state index in [0.717, 1.165) is 12.2 Å². The quantitative estimate of drug-likeness (QED) is 0.811. The number of carbonyl (C=O) groups is 2. The number of nitrogens with one attached hydrogen (secondary N) is 2. The van der Waals surface area contributed by atoms with Gasteiger partial charge in [-0.3, -0.25) is 9.59 Å². The second-order valence-electron chi connectivity index (χ2n) is 4.67. The van der Waals surface area contributed by atoms with Gasteiger partial charge >= 0.3 is 0 Å². The van der Waals surface area contributed by atoms with Gasteiger partial charge in [0.2, 0.25) is 0 Å². The Labute approximate surface area is 124 Å². The van der Waals surface area contributed by atoms with Gasteiger partial charge in [0, 0.05) is 29.5 Å². The standard InChI is InChI=1S/C15H22N2O2S/c1-4-8-16-14(18)12-6-5-7-13(9-12)15(19)17-11(2)10-20-3/h5-7,9,11H,4,8,10H2,1-3H3,(H,16,18)(H,17,19)/t11-/m1/s1. The molecule has 0 spiro atoms. The summed E-state index contributed by atoms with van der Waals surface area (Å²) in [6, 6.07) is 6.90. The average Bonchev–Trinajstić information content (AvgIpc) is 2.45. The molecule has 110 valence electrons. The van der Waals surface area contributed by atoms with Gasteiger partial charge in [-0.05, 0) is 37.8 Å². The van der Waals surface area contributed by atoms with Crippen LogP contribution in [0.3, 0.4) is 0 Å². The highest BCUT2D eigenvalue weighted by molar-refractivity contribution is 7.98. The van der Waals surface area contributed by atoms with Gasteiger partial charge in [0.05, 0.1) is 0 Å². The normalized spacial score (nSPS) is 11.8. The number of amides is 2. The van der Waals surface area contributed by atoms with E-state index in [9.17, 15) is 9.59 Å². The molecule has 0 bridgehead atoms. The predicted molar refractivity (Wildman–Crippen MR) is 84.4 cm³/mol. The Morgan fingerprint density at radius 3 is 2.50 bits per heavy atom. The summed E-state index contributed by atoms with van der Waals surface area (Å²) in [6.45, 7) is 4.60. The molecule has 0 aliphatic heterocycles. The van der Waals surface area contributed by atoms with E-state index in [4.69, 9.17) is 0 Å². The molecule has 1 rings (SSSR count). The van der Waals surface area contributed by atoms with Crippen molar-refractivity contribution in [1.29, 1.82) is 0 Å². The second-order valence-corrected chi connectivity index (χ2v) is 5.58. The topological polar surface area (TPSA) is 58.2 Å². The molecule has 0 saturated heterocycles. The van der Waals surface area contributed by atoms with Crippen molar-refractivity contribution in [1.82, 2.24) is 10.6 Å². The van der Waals surface area contributed by atoms with Crippen molar-refractivity contribution >= 4 is 23.6 Å². The lowest BCUT2D eigenvalue weighted by molar-refractivity contribution is 0.0943. The number of thioether (sulfide) groups is 1. The summed E-state index contributed by atoms with van der Waals surface area (Å²) in [5, 5.41) is 5.72. The van der Waals surface area contributed by atoms with Crippen molar-refractivity contribution in [3.63, 3.8) is 0 Å². The van der Waals surface area contributed by atoms with Crippen LogP contribution >= 0.6 is 11.8 Å². The van der Waals surface area contributed by atoms with E-state index in [0.29, 0.717) is 17.7 Å². The van der Waals surface area contributed by atoms with Crippen LogP contribution in [0.15, 0.2) is 24.3 Å². The molecule has 0 saturated carbocycles. The molecule has 4 nitrogen and oxygen atoms in total. The van der Waals surface area contributed by atoms with Crippen LogP contribution in [0.5, 0.6) is 0 Å². The molecule has 0 unspecified atom stereocenters. The highest BCUT2D eigenvalue weighted by Crippen LogP contribution is 2.06. The maximum atomic E-state index is 12.1. The lowest BCUT2D eigenvalue weighted by Gasteiger charge is -2.13. The Kier molecular flexibility index (Phi) is 7.15. The third-order valence-corrected chi connectivity index (χ3v) is 3.55. The first-order valence-electron chi connectivity index (χ1n) is 6.76. The molecule has 5 heteroatoms. The first kappa shape index (κ1) is 16.6. The van der Waals surface area contributed by atoms with E-state index in [2.05, 4.69) is 10.6 Å². The van der Waals surface area contributed by atoms with Crippen LogP contribution in [-0.4, -0.2) is 36.4 Å². The molecule has 1 atom stereocenters. The molecule has 0 heterocycles. The van der Waals surface area contributed by atoms with Gasteiger partial charge in [0.25, 0.3) is 11.8 Å². The summed E-state index contributed by atoms with van der Waals surface area (Å²) in [5.74, 6) is 0.581. The van der Waals surface area contributed by atoms with E-state index < -0.39 is 0 Å².